The van der Waals surface area contributed by atoms with Crippen LogP contribution >= 0.6 is 25.3 Å². The molecular formula is C6H17N2NaO2S2. The number of primary amides is 1. The Bertz CT molecular complexity index is 137. The van der Waals surface area contributed by atoms with E-state index in [-0.39, 0.29) is 43.6 Å². The molecule has 0 saturated carbocycles. The molecule has 76 valence electrons. The minimum absolute atomic E-state index is 0. The molecule has 0 heterocycles. The second-order valence-corrected chi connectivity index (χ2v) is 2.42. The van der Waals surface area contributed by atoms with Gasteiger partial charge in [0, 0.05) is 6.54 Å². The second kappa shape index (κ2) is 18.4. The summed E-state index contributed by atoms with van der Waals surface area (Å²) in [4.78, 5) is 19.0. The van der Waals surface area contributed by atoms with Gasteiger partial charge in [0.25, 0.3) is 10.5 Å². The van der Waals surface area contributed by atoms with Gasteiger partial charge >= 0.3 is 29.6 Å². The third-order valence-electron chi connectivity index (χ3n) is 0.526. The van der Waals surface area contributed by atoms with Gasteiger partial charge in [-0.05, 0) is 6.42 Å². The largest absolute Gasteiger partial charge is 1.00 e. The fraction of sp³-hybridized carbons (Fsp3) is 0.667. The summed E-state index contributed by atoms with van der Waals surface area (Å²) >= 11 is 6.59. The van der Waals surface area contributed by atoms with Crippen LogP contribution in [0.1, 0.15) is 22.2 Å². The Hall–Kier alpha value is 0.640. The summed E-state index contributed by atoms with van der Waals surface area (Å²) in [7, 11) is 0. The molecule has 7 heteroatoms. The maximum Gasteiger partial charge on any atom is 1.00 e. The Morgan fingerprint density at radius 2 is 1.77 bits per heavy atom. The summed E-state index contributed by atoms with van der Waals surface area (Å²) in [5.74, 6) is 0. The number of carbonyl (C=O) groups is 2. The van der Waals surface area contributed by atoms with E-state index in [4.69, 9.17) is 4.79 Å². The van der Waals surface area contributed by atoms with Crippen LogP contribution in [-0.4, -0.2) is 17.0 Å². The third-order valence-corrected chi connectivity index (χ3v) is 0.684. The smallest absolute Gasteiger partial charge is 1.00 e. The summed E-state index contributed by atoms with van der Waals surface area (Å²) in [6, 6.07) is 0. The van der Waals surface area contributed by atoms with E-state index in [0.717, 1.165) is 13.0 Å². The zero-order chi connectivity index (χ0) is 9.28. The van der Waals surface area contributed by atoms with E-state index in [0.29, 0.717) is 0 Å². The van der Waals surface area contributed by atoms with Crippen molar-refractivity contribution < 1.29 is 40.6 Å². The van der Waals surface area contributed by atoms with Crippen LogP contribution in [0.5, 0.6) is 0 Å². The Kier molecular flexibility index (Phi) is 33.2. The molecule has 3 N–H and O–H groups in total. The van der Waals surface area contributed by atoms with Crippen LogP contribution in [0.2, 0.25) is 0 Å². The van der Waals surface area contributed by atoms with E-state index in [2.05, 4.69) is 36.3 Å². The minimum atomic E-state index is -0.639. The van der Waals surface area contributed by atoms with Crippen LogP contribution in [0.15, 0.2) is 0 Å². The molecule has 0 aromatic rings. The predicted molar refractivity (Wildman–Crippen MR) is 59.1 cm³/mol. The number of hydrogen-bond donors (Lipinski definition) is 4. The first kappa shape index (κ1) is 23.5. The molecule has 0 aliphatic heterocycles. The molecule has 0 unspecified atom stereocenters. The zero-order valence-corrected chi connectivity index (χ0v) is 11.0. The van der Waals surface area contributed by atoms with Crippen LogP contribution in [0.25, 0.3) is 0 Å². The van der Waals surface area contributed by atoms with E-state index in [1.54, 1.807) is 0 Å². The Labute approximate surface area is 114 Å². The molecule has 0 aliphatic carbocycles. The van der Waals surface area contributed by atoms with Crippen LogP contribution in [0, 0.1) is 0 Å². The molecule has 0 radical (unpaired) electrons. The molecule has 0 fully saturated rings. The van der Waals surface area contributed by atoms with Crippen molar-refractivity contribution in [3.63, 3.8) is 0 Å². The molecular weight excluding hydrogens is 219 g/mol. The molecule has 0 spiro atoms. The predicted octanol–water partition coefficient (Wildman–Crippen LogP) is -1.22. The minimum Gasteiger partial charge on any atom is -1.00 e. The van der Waals surface area contributed by atoms with Crippen molar-refractivity contribution in [3.8, 4) is 0 Å². The SMILES string of the molecule is C.CCCNC(=O)S.NC(=O)S.[H-].[Na+]. The van der Waals surface area contributed by atoms with Gasteiger partial charge in [-0.1, -0.05) is 39.6 Å². The first-order chi connectivity index (χ1) is 5.00. The van der Waals surface area contributed by atoms with E-state index in [1.807, 2.05) is 6.92 Å². The zero-order valence-electron chi connectivity index (χ0n) is 8.20. The van der Waals surface area contributed by atoms with Gasteiger partial charge in [0.15, 0.2) is 0 Å². The first-order valence-corrected chi connectivity index (χ1v) is 3.85. The molecule has 0 aliphatic rings. The Balaban J connectivity index is -0.0000000347. The average Bonchev–Trinajstić information content (AvgIpc) is 1.82. The summed E-state index contributed by atoms with van der Waals surface area (Å²) in [6.45, 7) is 2.71. The van der Waals surface area contributed by atoms with E-state index in [1.165, 1.54) is 0 Å². The van der Waals surface area contributed by atoms with E-state index in [9.17, 15) is 4.79 Å². The van der Waals surface area contributed by atoms with Crippen molar-refractivity contribution in [2.75, 3.05) is 6.54 Å². The third kappa shape index (κ3) is 66.5. The summed E-state index contributed by atoms with van der Waals surface area (Å²) in [5, 5.41) is 1.63. The topological polar surface area (TPSA) is 72.2 Å². The standard InChI is InChI=1S/C4H9NOS.CH3NOS.CH4.Na.H/c1-2-3-5-4(6)7;2-1(3)4;;;/h2-3H2,1H3,(H2,5,6,7);(H3,2,3,4);1H4;;/q;;;+1;-1. The number of nitrogens with one attached hydrogen (secondary N) is 1. The maximum atomic E-state index is 9.96. The van der Waals surface area contributed by atoms with Crippen molar-refractivity contribution >= 4 is 35.7 Å². The van der Waals surface area contributed by atoms with Crippen LogP contribution < -0.4 is 40.6 Å². The van der Waals surface area contributed by atoms with Gasteiger partial charge in [0.2, 0.25) is 0 Å². The van der Waals surface area contributed by atoms with Crippen LogP contribution in [0.4, 0.5) is 9.59 Å². The van der Waals surface area contributed by atoms with Gasteiger partial charge in [0.1, 0.15) is 0 Å². The molecule has 0 aromatic carbocycles. The normalized spacial score (nSPS) is 6.38. The quantitative estimate of drug-likeness (QED) is 0.359. The fourth-order valence-corrected chi connectivity index (χ4v) is 0.344. The van der Waals surface area contributed by atoms with Crippen molar-refractivity contribution in [2.45, 2.75) is 20.8 Å². The second-order valence-electron chi connectivity index (χ2n) is 1.57. The maximum absolute atomic E-state index is 9.96. The van der Waals surface area contributed by atoms with Gasteiger partial charge in [0.05, 0.1) is 0 Å². The first-order valence-electron chi connectivity index (χ1n) is 2.95. The summed E-state index contributed by atoms with van der Waals surface area (Å²) < 4.78 is 0. The van der Waals surface area contributed by atoms with Crippen molar-refractivity contribution in [1.29, 1.82) is 0 Å². The van der Waals surface area contributed by atoms with Gasteiger partial charge in [-0.25, -0.2) is 0 Å². The van der Waals surface area contributed by atoms with Gasteiger partial charge in [-0.2, -0.15) is 0 Å². The Morgan fingerprint density at radius 3 is 1.85 bits per heavy atom. The van der Waals surface area contributed by atoms with Crippen molar-refractivity contribution in [3.05, 3.63) is 0 Å². The average molecular weight is 236 g/mol. The molecule has 2 amide bonds. The number of amides is 2. The van der Waals surface area contributed by atoms with Crippen molar-refractivity contribution in [1.82, 2.24) is 5.32 Å². The van der Waals surface area contributed by atoms with Gasteiger partial charge in [-0.3, -0.25) is 9.59 Å². The van der Waals surface area contributed by atoms with Crippen LogP contribution in [-0.2, 0) is 0 Å². The van der Waals surface area contributed by atoms with Crippen molar-refractivity contribution in [2.24, 2.45) is 5.73 Å². The Morgan fingerprint density at radius 1 is 1.46 bits per heavy atom. The van der Waals surface area contributed by atoms with Gasteiger partial charge in [-0.15, -0.1) is 0 Å². The molecule has 0 saturated heterocycles. The summed E-state index contributed by atoms with van der Waals surface area (Å²) in [6.07, 6.45) is 0.965. The number of rotatable bonds is 2. The van der Waals surface area contributed by atoms with E-state index >= 15 is 0 Å². The molecule has 13 heavy (non-hydrogen) atoms. The number of hydrogen-bond acceptors (Lipinski definition) is 2. The van der Waals surface area contributed by atoms with Gasteiger partial charge < -0.3 is 12.5 Å². The fourth-order valence-electron chi connectivity index (χ4n) is 0.232. The van der Waals surface area contributed by atoms with E-state index < -0.39 is 5.24 Å². The molecule has 0 bridgehead atoms. The summed E-state index contributed by atoms with van der Waals surface area (Å²) in [5.41, 5.74) is 4.34. The molecule has 0 atom stereocenters. The molecule has 4 nitrogen and oxygen atoms in total. The monoisotopic (exact) mass is 236 g/mol. The molecule has 0 aromatic heterocycles. The van der Waals surface area contributed by atoms with Crippen LogP contribution in [0.3, 0.4) is 0 Å². The number of thiol groups is 2. The molecule has 0 rings (SSSR count). The number of nitrogens with two attached hydrogens (primary N) is 1. The number of carbonyl (C=O) groups excluding carboxylic acids is 2.